The number of aromatic nitrogens is 4. The van der Waals surface area contributed by atoms with E-state index in [9.17, 15) is 5.26 Å². The molecule has 8 heteroatoms. The number of hydrogen-bond acceptors (Lipinski definition) is 8. The Balaban J connectivity index is 1.66. The molecule has 2 aromatic heterocycles. The molecule has 0 unspecified atom stereocenters. The van der Waals surface area contributed by atoms with Crippen LogP contribution in [0, 0.1) is 11.3 Å². The van der Waals surface area contributed by atoms with Gasteiger partial charge in [0.2, 0.25) is 0 Å². The Morgan fingerprint density at radius 3 is 2.59 bits per heavy atom. The summed E-state index contributed by atoms with van der Waals surface area (Å²) in [5, 5.41) is 17.9. The van der Waals surface area contributed by atoms with Crippen molar-refractivity contribution in [1.29, 1.82) is 5.26 Å². The van der Waals surface area contributed by atoms with Crippen LogP contribution in [0.3, 0.4) is 0 Å². The summed E-state index contributed by atoms with van der Waals surface area (Å²) in [6, 6.07) is 9.80. The summed E-state index contributed by atoms with van der Waals surface area (Å²) in [5.74, 6) is 1.50. The van der Waals surface area contributed by atoms with E-state index in [0.29, 0.717) is 17.9 Å². The van der Waals surface area contributed by atoms with Gasteiger partial charge in [0.25, 0.3) is 0 Å². The molecule has 29 heavy (non-hydrogen) atoms. The highest BCUT2D eigenvalue weighted by Crippen LogP contribution is 2.36. The summed E-state index contributed by atoms with van der Waals surface area (Å²) >= 11 is 1.54. The molecule has 146 valence electrons. The van der Waals surface area contributed by atoms with Crippen LogP contribution in [-0.2, 0) is 6.54 Å². The van der Waals surface area contributed by atoms with Gasteiger partial charge in [-0.25, -0.2) is 9.97 Å². The maximum absolute atomic E-state index is 9.34. The highest BCUT2D eigenvalue weighted by molar-refractivity contribution is 7.99. The number of hydrogen-bond donors (Lipinski definition) is 1. The molecule has 3 heterocycles. The third-order valence-corrected chi connectivity index (χ3v) is 5.83. The molecule has 0 radical (unpaired) electrons. The molecule has 4 rings (SSSR count). The molecule has 7 nitrogen and oxygen atoms in total. The van der Waals surface area contributed by atoms with E-state index in [1.165, 1.54) is 19.3 Å². The van der Waals surface area contributed by atoms with Crippen LogP contribution in [0.5, 0.6) is 0 Å². The maximum atomic E-state index is 9.34. The first-order valence-electron chi connectivity index (χ1n) is 9.58. The van der Waals surface area contributed by atoms with Crippen molar-refractivity contribution in [2.45, 2.75) is 35.6 Å². The number of rotatable bonds is 5. The molecule has 1 aliphatic rings. The second-order valence-corrected chi connectivity index (χ2v) is 7.96. The van der Waals surface area contributed by atoms with E-state index in [1.807, 2.05) is 12.1 Å². The molecule has 3 aromatic rings. The zero-order valence-corrected chi connectivity index (χ0v) is 16.8. The molecule has 0 bridgehead atoms. The van der Waals surface area contributed by atoms with Crippen molar-refractivity contribution in [3.8, 4) is 17.5 Å². The van der Waals surface area contributed by atoms with Gasteiger partial charge in [-0.2, -0.15) is 10.4 Å². The second-order valence-electron chi connectivity index (χ2n) is 6.84. The van der Waals surface area contributed by atoms with Crippen LogP contribution in [0.25, 0.3) is 11.4 Å². The van der Waals surface area contributed by atoms with Crippen molar-refractivity contribution < 1.29 is 0 Å². The van der Waals surface area contributed by atoms with Crippen LogP contribution in [0.15, 0.2) is 52.6 Å². The highest BCUT2D eigenvalue weighted by Gasteiger charge is 2.15. The molecule has 1 aliphatic heterocycles. The minimum atomic E-state index is 0.400. The average Bonchev–Trinajstić information content (AvgIpc) is 2.80. The molecule has 0 aliphatic carbocycles. The fraction of sp³-hybridized carbons (Fsp3) is 0.286. The van der Waals surface area contributed by atoms with E-state index in [0.717, 1.165) is 39.8 Å². The van der Waals surface area contributed by atoms with Crippen molar-refractivity contribution in [3.63, 3.8) is 0 Å². The SMILES string of the molecule is N#Cc1ccc(-c2ncc(CN)cn2)c(Sc2cnnc(N3CCCCC3)c2)c1. The van der Waals surface area contributed by atoms with Crippen molar-refractivity contribution in [3.05, 3.63) is 54.0 Å². The lowest BCUT2D eigenvalue weighted by atomic mass is 10.1. The van der Waals surface area contributed by atoms with Crippen molar-refractivity contribution in [2.24, 2.45) is 5.73 Å². The number of nitrogens with zero attached hydrogens (tertiary/aromatic N) is 6. The number of nitrogens with two attached hydrogens (primary N) is 1. The van der Waals surface area contributed by atoms with Gasteiger partial charge in [0.15, 0.2) is 11.6 Å². The van der Waals surface area contributed by atoms with Gasteiger partial charge in [-0.15, -0.1) is 5.10 Å². The van der Waals surface area contributed by atoms with Crippen LogP contribution >= 0.6 is 11.8 Å². The fourth-order valence-electron chi connectivity index (χ4n) is 3.26. The first-order valence-corrected chi connectivity index (χ1v) is 10.4. The predicted octanol–water partition coefficient (Wildman–Crippen LogP) is 3.41. The maximum Gasteiger partial charge on any atom is 0.160 e. The smallest absolute Gasteiger partial charge is 0.160 e. The Kier molecular flexibility index (Phi) is 5.98. The largest absolute Gasteiger partial charge is 0.355 e. The van der Waals surface area contributed by atoms with Gasteiger partial charge in [-0.3, -0.25) is 0 Å². The molecule has 2 N–H and O–H groups in total. The van der Waals surface area contributed by atoms with Crippen LogP contribution in [0.2, 0.25) is 0 Å². The van der Waals surface area contributed by atoms with E-state index in [4.69, 9.17) is 5.73 Å². The normalized spacial score (nSPS) is 13.9. The Labute approximate surface area is 174 Å². The van der Waals surface area contributed by atoms with E-state index in [1.54, 1.807) is 36.4 Å². The van der Waals surface area contributed by atoms with Crippen molar-refractivity contribution >= 4 is 17.6 Å². The molecule has 0 saturated carbocycles. The molecule has 0 spiro atoms. The summed E-state index contributed by atoms with van der Waals surface area (Å²) in [5.41, 5.74) is 7.98. The topological polar surface area (TPSA) is 105 Å². The molecule has 0 amide bonds. The second kappa shape index (κ2) is 8.99. The minimum absolute atomic E-state index is 0.400. The quantitative estimate of drug-likeness (QED) is 0.691. The van der Waals surface area contributed by atoms with Gasteiger partial charge in [0.1, 0.15) is 0 Å². The average molecular weight is 404 g/mol. The summed E-state index contributed by atoms with van der Waals surface area (Å²) in [6.07, 6.45) is 8.85. The highest BCUT2D eigenvalue weighted by atomic mass is 32.2. The summed E-state index contributed by atoms with van der Waals surface area (Å²) < 4.78 is 0. The Morgan fingerprint density at radius 2 is 1.86 bits per heavy atom. The van der Waals surface area contributed by atoms with E-state index < -0.39 is 0 Å². The summed E-state index contributed by atoms with van der Waals surface area (Å²) in [7, 11) is 0. The van der Waals surface area contributed by atoms with Gasteiger partial charge < -0.3 is 10.6 Å². The number of anilines is 1. The van der Waals surface area contributed by atoms with Crippen molar-refractivity contribution in [1.82, 2.24) is 20.2 Å². The summed E-state index contributed by atoms with van der Waals surface area (Å²) in [4.78, 5) is 13.0. The standard InChI is InChI=1S/C21H21N7S/c22-10-15-4-5-18(21-24-12-16(11-23)13-25-21)19(8-15)29-17-9-20(27-26-14-17)28-6-2-1-3-7-28/h4-5,8-9,12-14H,1-3,6-7,11,23H2. The van der Waals surface area contributed by atoms with Gasteiger partial charge in [0.05, 0.1) is 17.8 Å². The van der Waals surface area contributed by atoms with Gasteiger partial charge in [-0.05, 0) is 43.5 Å². The van der Waals surface area contributed by atoms with Gasteiger partial charge in [0, 0.05) is 52.9 Å². The fourth-order valence-corrected chi connectivity index (χ4v) is 4.23. The van der Waals surface area contributed by atoms with Crippen molar-refractivity contribution in [2.75, 3.05) is 18.0 Å². The Hall–Kier alpha value is -3.02. The van der Waals surface area contributed by atoms with Crippen LogP contribution < -0.4 is 10.6 Å². The molecule has 1 fully saturated rings. The third kappa shape index (κ3) is 4.53. The minimum Gasteiger partial charge on any atom is -0.355 e. The zero-order chi connectivity index (χ0) is 20.1. The van der Waals surface area contributed by atoms with E-state index in [-0.39, 0.29) is 0 Å². The molecule has 0 atom stereocenters. The number of piperidine rings is 1. The van der Waals surface area contributed by atoms with E-state index in [2.05, 4.69) is 37.2 Å². The molecule has 1 saturated heterocycles. The molecule has 1 aromatic carbocycles. The molecular formula is C21H21N7S. The number of nitriles is 1. The van der Waals surface area contributed by atoms with E-state index >= 15 is 0 Å². The predicted molar refractivity (Wildman–Crippen MR) is 112 cm³/mol. The Morgan fingerprint density at radius 1 is 1.07 bits per heavy atom. The lowest BCUT2D eigenvalue weighted by Crippen LogP contribution is -2.30. The Bertz CT molecular complexity index is 1020. The zero-order valence-electron chi connectivity index (χ0n) is 16.0. The summed E-state index contributed by atoms with van der Waals surface area (Å²) in [6.45, 7) is 2.43. The third-order valence-electron chi connectivity index (χ3n) is 4.82. The lowest BCUT2D eigenvalue weighted by Gasteiger charge is -2.27. The van der Waals surface area contributed by atoms with Crippen LogP contribution in [-0.4, -0.2) is 33.3 Å². The van der Waals surface area contributed by atoms with Gasteiger partial charge >= 0.3 is 0 Å². The molecular weight excluding hydrogens is 382 g/mol. The van der Waals surface area contributed by atoms with Crippen LogP contribution in [0.1, 0.15) is 30.4 Å². The first kappa shape index (κ1) is 19.3. The first-order chi connectivity index (χ1) is 14.3. The van der Waals surface area contributed by atoms with Gasteiger partial charge in [-0.1, -0.05) is 11.8 Å². The lowest BCUT2D eigenvalue weighted by molar-refractivity contribution is 0.570. The monoisotopic (exact) mass is 403 g/mol. The number of benzene rings is 1. The van der Waals surface area contributed by atoms with Crippen LogP contribution in [0.4, 0.5) is 5.82 Å².